The number of amides is 2. The molecule has 0 spiro atoms. The number of ether oxygens (including phenoxy) is 2. The zero-order valence-corrected chi connectivity index (χ0v) is 28.2. The first-order valence-corrected chi connectivity index (χ1v) is 8.96. The summed E-state index contributed by atoms with van der Waals surface area (Å²) in [5.74, 6) is 1.87. The summed E-state index contributed by atoms with van der Waals surface area (Å²) < 4.78 is 10.4. The molecule has 163 valence electrons. The Morgan fingerprint density at radius 3 is 1.73 bits per heavy atom. The van der Waals surface area contributed by atoms with E-state index in [2.05, 4.69) is 26.8 Å². The molecule has 0 aliphatic rings. The van der Waals surface area contributed by atoms with Gasteiger partial charge in [0.1, 0.15) is 0 Å². The van der Waals surface area contributed by atoms with Gasteiger partial charge in [0.25, 0.3) is 0 Å². The van der Waals surface area contributed by atoms with Crippen molar-refractivity contribution in [3.8, 4) is 5.75 Å². The number of nitrogens with zero attached hydrogens (tertiary/aromatic N) is 2. The second kappa shape index (κ2) is 20.7. The molecule has 0 heterocycles. The van der Waals surface area contributed by atoms with Gasteiger partial charge >= 0.3 is 12.2 Å². The number of rotatable bonds is 5. The van der Waals surface area contributed by atoms with Crippen LogP contribution in [0, 0.1) is 17.4 Å². The Morgan fingerprint density at radius 2 is 1.33 bits per heavy atom. The first kappa shape index (κ1) is 38.3. The van der Waals surface area contributed by atoms with Crippen molar-refractivity contribution >= 4 is 12.2 Å². The number of hydrogen-bond donors (Lipinski definition) is 0. The molecule has 0 unspecified atom stereocenters. The largest absolute Gasteiger partial charge is 0.449 e. The van der Waals surface area contributed by atoms with E-state index < -0.39 is 12.2 Å². The van der Waals surface area contributed by atoms with Crippen LogP contribution in [0.5, 0.6) is 5.75 Å². The molecule has 0 aromatic heterocycles. The smallest absolute Gasteiger partial charge is 0.412 e. The van der Waals surface area contributed by atoms with Crippen LogP contribution in [0.15, 0.2) is 24.3 Å². The Bertz CT molecular complexity index is 564. The predicted molar refractivity (Wildman–Crippen MR) is 108 cm³/mol. The van der Waals surface area contributed by atoms with Gasteiger partial charge in [0.2, 0.25) is 0 Å². The summed E-state index contributed by atoms with van der Waals surface area (Å²) in [6, 6.07) is 9.49. The number of hydrogen-bond acceptors (Lipinski definition) is 4. The molecular formula is C21H34N2O4Y3-2. The maximum absolute atomic E-state index is 11.9. The molecule has 6 nitrogen and oxygen atoms in total. The first-order valence-electron chi connectivity index (χ1n) is 8.96. The minimum absolute atomic E-state index is 0. The van der Waals surface area contributed by atoms with Crippen LogP contribution in [0.4, 0.5) is 9.59 Å². The topological polar surface area (TPSA) is 59.1 Å². The predicted octanol–water partition coefficient (Wildman–Crippen LogP) is 4.64. The Hall–Kier alpha value is 1.07. The maximum atomic E-state index is 11.9. The van der Waals surface area contributed by atoms with Crippen molar-refractivity contribution < 1.29 is 117 Å². The molecule has 0 saturated heterocycles. The summed E-state index contributed by atoms with van der Waals surface area (Å²) in [7, 11) is 3.25. The van der Waals surface area contributed by atoms with Gasteiger partial charge in [-0.05, 0) is 5.41 Å². The van der Waals surface area contributed by atoms with Crippen molar-refractivity contribution in [1.82, 2.24) is 9.80 Å². The molecule has 0 N–H and O–H groups in total. The van der Waals surface area contributed by atoms with Crippen LogP contribution >= 0.6 is 0 Å². The average Bonchev–Trinajstić information content (AvgIpc) is 2.56. The zero-order chi connectivity index (χ0) is 21.0. The molecule has 0 aliphatic carbocycles. The minimum atomic E-state index is -0.479. The molecule has 0 saturated carbocycles. The minimum Gasteiger partial charge on any atom is -0.449 e. The fraction of sp³-hybridized carbons (Fsp3) is 0.571. The van der Waals surface area contributed by atoms with Crippen molar-refractivity contribution in [2.75, 3.05) is 33.8 Å². The summed E-state index contributed by atoms with van der Waals surface area (Å²) >= 11 is 0. The van der Waals surface area contributed by atoms with Crippen LogP contribution in [0.1, 0.15) is 41.5 Å². The second-order valence-corrected chi connectivity index (χ2v) is 8.06. The molecule has 30 heavy (non-hydrogen) atoms. The van der Waals surface area contributed by atoms with Crippen molar-refractivity contribution in [2.45, 2.75) is 41.5 Å². The van der Waals surface area contributed by atoms with Crippen molar-refractivity contribution in [1.29, 1.82) is 0 Å². The Balaban J connectivity index is -0.000000442. The molecule has 2 amide bonds. The third-order valence-corrected chi connectivity index (χ3v) is 2.92. The van der Waals surface area contributed by atoms with E-state index in [1.165, 1.54) is 15.7 Å². The molecule has 9 heteroatoms. The van der Waals surface area contributed by atoms with Gasteiger partial charge in [-0.15, -0.1) is 12.1 Å². The Labute approximate surface area is 258 Å². The molecular weight excluding hydrogens is 611 g/mol. The van der Waals surface area contributed by atoms with Gasteiger partial charge in [-0.2, -0.15) is 39.0 Å². The zero-order valence-electron chi connectivity index (χ0n) is 19.7. The second-order valence-electron chi connectivity index (χ2n) is 8.06. The standard InChI is InChI=1S/C17H25N2O4.C4H9.3Y/c1-17(2,3)13-22-15(20)18(4)11-12-19(5)16(21)23-14-9-7-6-8-10-14;1-4(2)3;;;/h7-10H,11-13H2,1-5H3;1-3H3;;;/q2*-1;;;. The SMILES string of the molecule is CN(CCN(C)C(=O)Oc1cc[c-]cc1)C(=O)OCC(C)(C)C.C[C-](C)C.[Y].[Y].[Y]. The fourth-order valence-corrected chi connectivity index (χ4v) is 1.49. The van der Waals surface area contributed by atoms with Crippen LogP contribution in [0.3, 0.4) is 0 Å². The van der Waals surface area contributed by atoms with E-state index in [1.54, 1.807) is 38.4 Å². The number of carbonyl (C=O) groups is 2. The normalized spacial score (nSPS) is 9.50. The Morgan fingerprint density at radius 1 is 0.933 bits per heavy atom. The molecule has 1 aromatic carbocycles. The van der Waals surface area contributed by atoms with E-state index in [0.717, 1.165) is 0 Å². The van der Waals surface area contributed by atoms with E-state index in [4.69, 9.17) is 9.47 Å². The van der Waals surface area contributed by atoms with Gasteiger partial charge in [-0.3, -0.25) is 0 Å². The third kappa shape index (κ3) is 22.3. The van der Waals surface area contributed by atoms with E-state index in [9.17, 15) is 9.59 Å². The van der Waals surface area contributed by atoms with Crippen LogP contribution < -0.4 is 4.74 Å². The Kier molecular flexibility index (Phi) is 26.4. The summed E-state index contributed by atoms with van der Waals surface area (Å²) in [5, 5.41) is 0. The van der Waals surface area contributed by atoms with Crippen molar-refractivity contribution in [3.63, 3.8) is 0 Å². The van der Waals surface area contributed by atoms with Crippen LogP contribution in [-0.2, 0) is 103 Å². The molecule has 0 fully saturated rings. The third-order valence-electron chi connectivity index (χ3n) is 2.92. The van der Waals surface area contributed by atoms with Gasteiger partial charge in [-0.25, -0.2) is 9.59 Å². The van der Waals surface area contributed by atoms with Gasteiger partial charge in [0.05, 0.1) is 6.61 Å². The molecule has 0 aliphatic heterocycles. The summed E-state index contributed by atoms with van der Waals surface area (Å²) in [6.45, 7) is 13.3. The maximum Gasteiger partial charge on any atom is 0.412 e. The molecule has 0 atom stereocenters. The number of carbonyl (C=O) groups excluding carboxylic acids is 2. The van der Waals surface area contributed by atoms with E-state index in [1.807, 2.05) is 20.8 Å². The van der Waals surface area contributed by atoms with Crippen LogP contribution in [0.25, 0.3) is 0 Å². The average molecular weight is 645 g/mol. The summed E-state index contributed by atoms with van der Waals surface area (Å²) in [4.78, 5) is 26.6. The van der Waals surface area contributed by atoms with Gasteiger partial charge in [0.15, 0.2) is 0 Å². The number of likely N-dealkylation sites (N-methyl/N-ethyl adjacent to an activating group) is 2. The molecule has 1 rings (SSSR count). The fourth-order valence-electron chi connectivity index (χ4n) is 1.49. The van der Waals surface area contributed by atoms with Crippen molar-refractivity contribution in [3.05, 3.63) is 36.2 Å². The monoisotopic (exact) mass is 645 g/mol. The van der Waals surface area contributed by atoms with E-state index in [0.29, 0.717) is 25.4 Å². The van der Waals surface area contributed by atoms with Crippen LogP contribution in [0.2, 0.25) is 0 Å². The van der Waals surface area contributed by atoms with Gasteiger partial charge in [-0.1, -0.05) is 20.8 Å². The number of benzene rings is 1. The first-order chi connectivity index (χ1) is 12.4. The van der Waals surface area contributed by atoms with Crippen LogP contribution in [-0.4, -0.2) is 55.8 Å². The quantitative estimate of drug-likeness (QED) is 0.439. The van der Waals surface area contributed by atoms with Gasteiger partial charge in [0, 0.05) is 131 Å². The van der Waals surface area contributed by atoms with Crippen molar-refractivity contribution in [2.24, 2.45) is 5.41 Å². The molecule has 3 radical (unpaired) electrons. The van der Waals surface area contributed by atoms with E-state index in [-0.39, 0.29) is 104 Å². The molecule has 1 aromatic rings. The molecule has 0 bridgehead atoms. The van der Waals surface area contributed by atoms with E-state index >= 15 is 0 Å². The summed E-state index contributed by atoms with van der Waals surface area (Å²) in [5.41, 5.74) is -0.0792. The van der Waals surface area contributed by atoms with Gasteiger partial charge < -0.3 is 25.2 Å². The summed E-state index contributed by atoms with van der Waals surface area (Å²) in [6.07, 6.45) is -0.882.